The smallest absolute Gasteiger partial charge is 0.269 e. The van der Waals surface area contributed by atoms with Crippen LogP contribution in [0.15, 0.2) is 42.5 Å². The summed E-state index contributed by atoms with van der Waals surface area (Å²) in [7, 11) is 5.07. The van der Waals surface area contributed by atoms with Crippen LogP contribution in [0, 0.1) is 0 Å². The van der Waals surface area contributed by atoms with E-state index in [9.17, 15) is 9.59 Å². The number of methoxy groups -OCH3 is 1. The van der Waals surface area contributed by atoms with E-state index in [1.54, 1.807) is 32.2 Å². The van der Waals surface area contributed by atoms with Crippen molar-refractivity contribution < 1.29 is 14.3 Å². The molecule has 0 aliphatic heterocycles. The van der Waals surface area contributed by atoms with E-state index in [2.05, 4.69) is 10.6 Å². The van der Waals surface area contributed by atoms with Crippen LogP contribution in [-0.2, 0) is 11.2 Å². The molecule has 9 heteroatoms. The molecule has 1 heterocycles. The molecular formula is C22H22ClN3O3S2. The fourth-order valence-electron chi connectivity index (χ4n) is 2.87. The number of hydrogen-bond donors (Lipinski definition) is 2. The highest BCUT2D eigenvalue weighted by molar-refractivity contribution is 7.80. The molecule has 0 unspecified atom stereocenters. The lowest BCUT2D eigenvalue weighted by atomic mass is 10.1. The Morgan fingerprint density at radius 1 is 1.16 bits per heavy atom. The third kappa shape index (κ3) is 5.72. The van der Waals surface area contributed by atoms with Crippen LogP contribution in [0.4, 0.5) is 5.69 Å². The fraction of sp³-hybridized carbons (Fsp3) is 0.227. The Morgan fingerprint density at radius 3 is 2.52 bits per heavy atom. The quantitative estimate of drug-likeness (QED) is 0.505. The summed E-state index contributed by atoms with van der Waals surface area (Å²) in [6.45, 7) is 0. The SMILES string of the molecule is COc1ccc2c(Cl)c(C(=O)NC(=S)Nc3ccc(CCC(=O)N(C)C)cc3)sc2c1. The minimum atomic E-state index is -0.374. The first kappa shape index (κ1) is 23.0. The summed E-state index contributed by atoms with van der Waals surface area (Å²) in [6.07, 6.45) is 1.11. The number of hydrogen-bond acceptors (Lipinski definition) is 5. The molecule has 3 rings (SSSR count). The van der Waals surface area contributed by atoms with Crippen molar-refractivity contribution in [2.75, 3.05) is 26.5 Å². The number of thiophene rings is 1. The summed E-state index contributed by atoms with van der Waals surface area (Å²) in [5.41, 5.74) is 1.78. The fourth-order valence-corrected chi connectivity index (χ4v) is 4.52. The second kappa shape index (κ2) is 10.1. The van der Waals surface area contributed by atoms with Gasteiger partial charge in [-0.25, -0.2) is 0 Å². The Balaban J connectivity index is 1.60. The number of rotatable bonds is 6. The zero-order chi connectivity index (χ0) is 22.5. The molecule has 0 saturated heterocycles. The molecule has 2 aromatic carbocycles. The maximum atomic E-state index is 12.7. The number of carbonyl (C=O) groups excluding carboxylic acids is 2. The third-order valence-corrected chi connectivity index (χ3v) is 6.47. The highest BCUT2D eigenvalue weighted by Crippen LogP contribution is 2.37. The van der Waals surface area contributed by atoms with Crippen LogP contribution in [0.25, 0.3) is 10.1 Å². The highest BCUT2D eigenvalue weighted by Gasteiger charge is 2.18. The van der Waals surface area contributed by atoms with Gasteiger partial charge in [-0.15, -0.1) is 11.3 Å². The van der Waals surface area contributed by atoms with Crippen molar-refractivity contribution in [2.45, 2.75) is 12.8 Å². The number of amides is 2. The van der Waals surface area contributed by atoms with Crippen molar-refractivity contribution in [2.24, 2.45) is 0 Å². The largest absolute Gasteiger partial charge is 0.497 e. The summed E-state index contributed by atoms with van der Waals surface area (Å²) >= 11 is 12.9. The molecule has 31 heavy (non-hydrogen) atoms. The number of nitrogens with zero attached hydrogens (tertiary/aromatic N) is 1. The molecule has 0 radical (unpaired) electrons. The zero-order valence-electron chi connectivity index (χ0n) is 17.3. The summed E-state index contributed by atoms with van der Waals surface area (Å²) in [6, 6.07) is 13.0. The molecule has 1 aromatic heterocycles. The molecule has 0 aliphatic rings. The Kier molecular flexibility index (Phi) is 7.48. The summed E-state index contributed by atoms with van der Waals surface area (Å²) in [5.74, 6) is 0.412. The number of anilines is 1. The van der Waals surface area contributed by atoms with Gasteiger partial charge in [0.15, 0.2) is 5.11 Å². The first-order chi connectivity index (χ1) is 14.8. The van der Waals surface area contributed by atoms with E-state index in [0.717, 1.165) is 21.3 Å². The number of nitrogens with one attached hydrogen (secondary N) is 2. The van der Waals surface area contributed by atoms with Crippen molar-refractivity contribution in [3.8, 4) is 5.75 Å². The van der Waals surface area contributed by atoms with E-state index in [1.165, 1.54) is 11.3 Å². The van der Waals surface area contributed by atoms with Crippen molar-refractivity contribution in [1.29, 1.82) is 0 Å². The van der Waals surface area contributed by atoms with Crippen LogP contribution in [0.1, 0.15) is 21.7 Å². The molecular weight excluding hydrogens is 454 g/mol. The van der Waals surface area contributed by atoms with Crippen molar-refractivity contribution in [1.82, 2.24) is 10.2 Å². The molecule has 2 amide bonds. The molecule has 0 atom stereocenters. The van der Waals surface area contributed by atoms with Gasteiger partial charge in [0.05, 0.1) is 12.1 Å². The normalized spacial score (nSPS) is 10.6. The van der Waals surface area contributed by atoms with Crippen LogP contribution in [0.3, 0.4) is 0 Å². The van der Waals surface area contributed by atoms with Crippen LogP contribution < -0.4 is 15.4 Å². The number of thiocarbonyl (C=S) groups is 1. The van der Waals surface area contributed by atoms with E-state index in [0.29, 0.717) is 28.5 Å². The van der Waals surface area contributed by atoms with Gasteiger partial charge in [0, 0.05) is 36.3 Å². The van der Waals surface area contributed by atoms with Gasteiger partial charge in [0.2, 0.25) is 5.91 Å². The van der Waals surface area contributed by atoms with Crippen LogP contribution in [-0.4, -0.2) is 43.0 Å². The first-order valence-electron chi connectivity index (χ1n) is 9.46. The van der Waals surface area contributed by atoms with Gasteiger partial charge >= 0.3 is 0 Å². The number of halogens is 1. The Hall–Kier alpha value is -2.68. The van der Waals surface area contributed by atoms with Gasteiger partial charge < -0.3 is 15.0 Å². The average Bonchev–Trinajstić information content (AvgIpc) is 3.08. The predicted molar refractivity (Wildman–Crippen MR) is 131 cm³/mol. The second-order valence-electron chi connectivity index (χ2n) is 7.00. The number of aryl methyl sites for hydroxylation is 1. The lowest BCUT2D eigenvalue weighted by molar-refractivity contribution is -0.128. The van der Waals surface area contributed by atoms with Crippen molar-refractivity contribution in [3.05, 3.63) is 57.9 Å². The molecule has 0 fully saturated rings. The zero-order valence-corrected chi connectivity index (χ0v) is 19.7. The van der Waals surface area contributed by atoms with Gasteiger partial charge in [-0.05, 0) is 54.5 Å². The van der Waals surface area contributed by atoms with Gasteiger partial charge in [0.1, 0.15) is 10.6 Å². The maximum Gasteiger partial charge on any atom is 0.269 e. The van der Waals surface area contributed by atoms with E-state index >= 15 is 0 Å². The van der Waals surface area contributed by atoms with Gasteiger partial charge in [-0.1, -0.05) is 23.7 Å². The maximum absolute atomic E-state index is 12.7. The lowest BCUT2D eigenvalue weighted by Crippen LogP contribution is -2.33. The van der Waals surface area contributed by atoms with Crippen LogP contribution in [0.2, 0.25) is 5.02 Å². The van der Waals surface area contributed by atoms with Crippen molar-refractivity contribution >= 4 is 67.9 Å². The standard InChI is InChI=1S/C22H22ClN3O3S2/c1-26(2)18(27)11-6-13-4-7-14(8-5-13)24-22(30)25-21(28)20-19(23)16-10-9-15(29-3)12-17(16)31-20/h4-5,7-10,12H,6,11H2,1-3H3,(H2,24,25,28,30). The van der Waals surface area contributed by atoms with Gasteiger partial charge in [0.25, 0.3) is 5.91 Å². The van der Waals surface area contributed by atoms with Gasteiger partial charge in [-0.3, -0.25) is 14.9 Å². The molecule has 6 nitrogen and oxygen atoms in total. The first-order valence-corrected chi connectivity index (χ1v) is 11.1. The Labute approximate surface area is 195 Å². The minimum Gasteiger partial charge on any atom is -0.497 e. The summed E-state index contributed by atoms with van der Waals surface area (Å²) in [5, 5.41) is 7.01. The topological polar surface area (TPSA) is 70.7 Å². The van der Waals surface area contributed by atoms with Crippen LogP contribution >= 0.6 is 35.2 Å². The van der Waals surface area contributed by atoms with E-state index in [-0.39, 0.29) is 16.9 Å². The summed E-state index contributed by atoms with van der Waals surface area (Å²) in [4.78, 5) is 26.3. The second-order valence-corrected chi connectivity index (χ2v) is 8.84. The average molecular weight is 476 g/mol. The van der Waals surface area contributed by atoms with Crippen LogP contribution in [0.5, 0.6) is 5.75 Å². The summed E-state index contributed by atoms with van der Waals surface area (Å²) < 4.78 is 6.08. The lowest BCUT2D eigenvalue weighted by Gasteiger charge is -2.11. The molecule has 0 aliphatic carbocycles. The number of ether oxygens (including phenoxy) is 1. The van der Waals surface area contributed by atoms with E-state index in [4.69, 9.17) is 28.6 Å². The number of carbonyl (C=O) groups is 2. The monoisotopic (exact) mass is 475 g/mol. The third-order valence-electron chi connectivity index (χ3n) is 4.61. The van der Waals surface area contributed by atoms with E-state index in [1.807, 2.05) is 36.4 Å². The number of benzene rings is 2. The molecule has 0 bridgehead atoms. The van der Waals surface area contributed by atoms with Gasteiger partial charge in [-0.2, -0.15) is 0 Å². The highest BCUT2D eigenvalue weighted by atomic mass is 35.5. The van der Waals surface area contributed by atoms with E-state index < -0.39 is 0 Å². The number of fused-ring (bicyclic) bond motifs is 1. The molecule has 3 aromatic rings. The molecule has 0 spiro atoms. The molecule has 2 N–H and O–H groups in total. The Bertz CT molecular complexity index is 1130. The Morgan fingerprint density at radius 2 is 1.87 bits per heavy atom. The predicted octanol–water partition coefficient (Wildman–Crippen LogP) is 4.71. The minimum absolute atomic E-state index is 0.0874. The van der Waals surface area contributed by atoms with Crippen molar-refractivity contribution in [3.63, 3.8) is 0 Å². The molecule has 162 valence electrons. The molecule has 0 saturated carbocycles.